The van der Waals surface area contributed by atoms with Crippen molar-refractivity contribution < 1.29 is 14.1 Å². The van der Waals surface area contributed by atoms with E-state index in [1.807, 2.05) is 62.7 Å². The van der Waals surface area contributed by atoms with Crippen LogP contribution in [0, 0.1) is 11.8 Å². The van der Waals surface area contributed by atoms with Crippen molar-refractivity contribution in [1.82, 2.24) is 25.0 Å². The molecule has 4 heterocycles. The molecule has 198 valence electrons. The zero-order valence-corrected chi connectivity index (χ0v) is 22.3. The second kappa shape index (κ2) is 10.1. The number of benzene rings is 1. The van der Waals surface area contributed by atoms with Crippen molar-refractivity contribution >= 4 is 23.6 Å². The molecule has 0 saturated carbocycles. The summed E-state index contributed by atoms with van der Waals surface area (Å²) in [7, 11) is 1.90. The third-order valence-electron chi connectivity index (χ3n) is 6.45. The van der Waals surface area contributed by atoms with Crippen LogP contribution in [0.1, 0.15) is 59.3 Å². The average Bonchev–Trinajstić information content (AvgIpc) is 3.49. The topological polar surface area (TPSA) is 141 Å². The number of aromatic nitrogens is 4. The number of nitrogens with one attached hydrogen (secondary N) is 2. The van der Waals surface area contributed by atoms with Crippen molar-refractivity contribution in [2.24, 2.45) is 7.05 Å². The van der Waals surface area contributed by atoms with Gasteiger partial charge in [-0.2, -0.15) is 0 Å². The summed E-state index contributed by atoms with van der Waals surface area (Å²) in [6.07, 6.45) is 2.46. The van der Waals surface area contributed by atoms with Gasteiger partial charge in [-0.05, 0) is 23.8 Å². The van der Waals surface area contributed by atoms with Gasteiger partial charge in [0.15, 0.2) is 5.82 Å². The fourth-order valence-electron chi connectivity index (χ4n) is 4.40. The van der Waals surface area contributed by atoms with Crippen LogP contribution in [0.3, 0.4) is 0 Å². The third kappa shape index (κ3) is 5.52. The Hall–Kier alpha value is -4.91. The molecule has 2 amide bonds. The zero-order chi connectivity index (χ0) is 27.7. The first-order chi connectivity index (χ1) is 18.6. The lowest BCUT2D eigenvalue weighted by Crippen LogP contribution is -2.31. The molecule has 1 aromatic carbocycles. The largest absolute Gasteiger partial charge is 0.368 e. The highest BCUT2D eigenvalue weighted by molar-refractivity contribution is 5.98. The standard InChI is InChI=1S/C29H29N7O3/c1-29(2,3)23-15-24(35-39-23)33-25(37)13-18-7-5-6-17(12-18)8-9-19-16-32-28(30)34-26(19)22-14-20-21(36(22)4)10-11-31-27(20)38/h5-7,12,14-16H,10-11,13H2,1-4H3,(H,31,38)(H2,30,32,34)(H,33,35,37). The van der Waals surface area contributed by atoms with E-state index in [0.717, 1.165) is 28.9 Å². The predicted molar refractivity (Wildman–Crippen MR) is 147 cm³/mol. The first-order valence-electron chi connectivity index (χ1n) is 12.6. The Balaban J connectivity index is 1.37. The summed E-state index contributed by atoms with van der Waals surface area (Å²) in [5.41, 5.74) is 10.7. The number of fused-ring (bicyclic) bond motifs is 1. The fourth-order valence-corrected chi connectivity index (χ4v) is 4.40. The minimum absolute atomic E-state index is 0.105. The molecule has 0 saturated heterocycles. The molecular weight excluding hydrogens is 494 g/mol. The number of hydrogen-bond donors (Lipinski definition) is 3. The molecule has 0 bridgehead atoms. The fraction of sp³-hybridized carbons (Fsp3) is 0.276. The first kappa shape index (κ1) is 25.7. The van der Waals surface area contributed by atoms with E-state index in [2.05, 4.69) is 37.6 Å². The van der Waals surface area contributed by atoms with E-state index in [1.54, 1.807) is 12.3 Å². The van der Waals surface area contributed by atoms with Crippen LogP contribution in [-0.2, 0) is 30.1 Å². The molecule has 0 unspecified atom stereocenters. The van der Waals surface area contributed by atoms with E-state index in [9.17, 15) is 9.59 Å². The summed E-state index contributed by atoms with van der Waals surface area (Å²) in [5, 5.41) is 9.59. The number of rotatable bonds is 4. The van der Waals surface area contributed by atoms with E-state index < -0.39 is 0 Å². The Labute approximate surface area is 226 Å². The number of hydrogen-bond acceptors (Lipinski definition) is 7. The van der Waals surface area contributed by atoms with Gasteiger partial charge < -0.3 is 25.5 Å². The molecule has 3 aromatic heterocycles. The van der Waals surface area contributed by atoms with E-state index >= 15 is 0 Å². The second-order valence-corrected chi connectivity index (χ2v) is 10.4. The molecule has 4 N–H and O–H groups in total. The van der Waals surface area contributed by atoms with E-state index in [0.29, 0.717) is 34.9 Å². The highest BCUT2D eigenvalue weighted by Crippen LogP contribution is 2.28. The summed E-state index contributed by atoms with van der Waals surface area (Å²) in [4.78, 5) is 33.5. The summed E-state index contributed by atoms with van der Waals surface area (Å²) in [5.74, 6) is 7.18. The van der Waals surface area contributed by atoms with Gasteiger partial charge in [0.05, 0.1) is 23.2 Å². The summed E-state index contributed by atoms with van der Waals surface area (Å²) in [6.45, 7) is 6.62. The van der Waals surface area contributed by atoms with Gasteiger partial charge in [-0.25, -0.2) is 9.97 Å². The first-order valence-corrected chi connectivity index (χ1v) is 12.6. The minimum Gasteiger partial charge on any atom is -0.368 e. The van der Waals surface area contributed by atoms with Crippen LogP contribution >= 0.6 is 0 Å². The van der Waals surface area contributed by atoms with Gasteiger partial charge >= 0.3 is 0 Å². The van der Waals surface area contributed by atoms with Crippen molar-refractivity contribution in [2.45, 2.75) is 39.0 Å². The summed E-state index contributed by atoms with van der Waals surface area (Å²) < 4.78 is 7.29. The molecule has 0 radical (unpaired) electrons. The number of nitrogens with zero attached hydrogens (tertiary/aromatic N) is 4. The summed E-state index contributed by atoms with van der Waals surface area (Å²) >= 11 is 0. The maximum absolute atomic E-state index is 12.6. The normalized spacial score (nSPS) is 12.8. The Morgan fingerprint density at radius 3 is 2.79 bits per heavy atom. The Bertz CT molecular complexity index is 1650. The minimum atomic E-state index is -0.209. The lowest BCUT2D eigenvalue weighted by atomic mass is 9.93. The van der Waals surface area contributed by atoms with Crippen LogP contribution < -0.4 is 16.4 Å². The molecule has 0 atom stereocenters. The van der Waals surface area contributed by atoms with Gasteiger partial charge in [-0.15, -0.1) is 0 Å². The second-order valence-electron chi connectivity index (χ2n) is 10.4. The summed E-state index contributed by atoms with van der Waals surface area (Å²) in [6, 6.07) is 11.0. The Kier molecular flexibility index (Phi) is 6.66. The van der Waals surface area contributed by atoms with Crippen molar-refractivity contribution in [3.63, 3.8) is 0 Å². The average molecular weight is 524 g/mol. The van der Waals surface area contributed by atoms with Crippen molar-refractivity contribution in [3.05, 3.63) is 76.3 Å². The highest BCUT2D eigenvalue weighted by atomic mass is 16.5. The van der Waals surface area contributed by atoms with Crippen LogP contribution in [0.4, 0.5) is 11.8 Å². The maximum atomic E-state index is 12.6. The molecule has 39 heavy (non-hydrogen) atoms. The molecule has 0 aliphatic carbocycles. The van der Waals surface area contributed by atoms with Crippen LogP contribution in [0.2, 0.25) is 0 Å². The lowest BCUT2D eigenvalue weighted by molar-refractivity contribution is -0.115. The number of nitrogens with two attached hydrogens (primary N) is 1. The molecule has 4 aromatic rings. The molecule has 0 spiro atoms. The van der Waals surface area contributed by atoms with Gasteiger partial charge in [0, 0.05) is 48.9 Å². The van der Waals surface area contributed by atoms with Crippen LogP contribution in [0.5, 0.6) is 0 Å². The molecule has 0 fully saturated rings. The Morgan fingerprint density at radius 2 is 2.05 bits per heavy atom. The van der Waals surface area contributed by atoms with Crippen LogP contribution in [0.25, 0.3) is 11.4 Å². The van der Waals surface area contributed by atoms with Gasteiger partial charge in [0.1, 0.15) is 11.5 Å². The molecule has 5 rings (SSSR count). The van der Waals surface area contributed by atoms with Gasteiger partial charge in [-0.1, -0.05) is 49.9 Å². The number of nitrogen functional groups attached to an aromatic ring is 1. The number of anilines is 2. The number of amides is 2. The third-order valence-corrected chi connectivity index (χ3v) is 6.45. The predicted octanol–water partition coefficient (Wildman–Crippen LogP) is 3.22. The van der Waals surface area contributed by atoms with Crippen molar-refractivity contribution in [3.8, 4) is 23.2 Å². The van der Waals surface area contributed by atoms with Crippen LogP contribution in [-0.4, -0.2) is 38.1 Å². The zero-order valence-electron chi connectivity index (χ0n) is 22.3. The number of carbonyl (C=O) groups excluding carboxylic acids is 2. The number of carbonyl (C=O) groups is 2. The lowest BCUT2D eigenvalue weighted by Gasteiger charge is -2.14. The maximum Gasteiger partial charge on any atom is 0.253 e. The molecular formula is C29H29N7O3. The molecule has 10 heteroatoms. The van der Waals surface area contributed by atoms with Gasteiger partial charge in [-0.3, -0.25) is 9.59 Å². The monoisotopic (exact) mass is 523 g/mol. The molecule has 1 aliphatic rings. The van der Waals surface area contributed by atoms with E-state index in [1.165, 1.54) is 0 Å². The van der Waals surface area contributed by atoms with Crippen LogP contribution in [0.15, 0.2) is 47.1 Å². The van der Waals surface area contributed by atoms with E-state index in [4.69, 9.17) is 10.3 Å². The quantitative estimate of drug-likeness (QED) is 0.349. The smallest absolute Gasteiger partial charge is 0.253 e. The highest BCUT2D eigenvalue weighted by Gasteiger charge is 2.24. The Morgan fingerprint density at radius 1 is 1.23 bits per heavy atom. The molecule has 10 nitrogen and oxygen atoms in total. The van der Waals surface area contributed by atoms with Gasteiger partial charge in [0.2, 0.25) is 11.9 Å². The van der Waals surface area contributed by atoms with E-state index in [-0.39, 0.29) is 29.6 Å². The SMILES string of the molecule is Cn1c(-c2nc(N)ncc2C#Cc2cccc(CC(=O)Nc3cc(C(C)(C)C)on3)c2)cc2c1CCNC2=O. The van der Waals surface area contributed by atoms with Crippen molar-refractivity contribution in [2.75, 3.05) is 17.6 Å². The molecule has 1 aliphatic heterocycles. The van der Waals surface area contributed by atoms with Gasteiger partial charge in [0.25, 0.3) is 5.91 Å². The van der Waals surface area contributed by atoms with Crippen molar-refractivity contribution in [1.29, 1.82) is 0 Å².